The number of aliphatic hydroxyl groups is 3. The molecule has 0 saturated carbocycles. The summed E-state index contributed by atoms with van der Waals surface area (Å²) in [7, 11) is 0. The maximum absolute atomic E-state index is 12.2. The highest BCUT2D eigenvalue weighted by molar-refractivity contribution is 5.30. The molecular weight excluding hydrogens is 382 g/mol. The number of H-pyrrole nitrogens is 1. The average molecular weight is 399 g/mol. The van der Waals surface area contributed by atoms with E-state index in [0.717, 1.165) is 10.3 Å². The molecule has 29 heavy (non-hydrogen) atoms. The van der Waals surface area contributed by atoms with Crippen LogP contribution in [0.15, 0.2) is 63.8 Å². The highest BCUT2D eigenvalue weighted by atomic mass is 16.5. The number of hydrogen-bond acceptors (Lipinski definition) is 8. The van der Waals surface area contributed by atoms with Crippen molar-refractivity contribution in [3.05, 3.63) is 86.3 Å². The van der Waals surface area contributed by atoms with Crippen LogP contribution in [0.1, 0.15) is 17.5 Å². The zero-order valence-electron chi connectivity index (χ0n) is 15.0. The second-order valence-electron chi connectivity index (χ2n) is 6.41. The SMILES string of the molecule is O=c1[nH]c(=O)n([C@@H]2OC(CO)=C(O)C2O)cc1Cc1cn(-c2ccccc2)nn1. The normalized spacial score (nSPS) is 18.8. The standard InChI is InChI=1S/C18H17N5O6/c24-9-13-14(25)15(26)17(29-13)22-7-10(16(27)19-18(22)28)6-11-8-23(21-20-11)12-4-2-1-3-5-12/h1-5,7-8,15,17,24-26H,6,9H2,(H,19,27,28)/t15?,17-/m1/s1. The molecule has 0 bridgehead atoms. The third-order valence-electron chi connectivity index (χ3n) is 4.49. The summed E-state index contributed by atoms with van der Waals surface area (Å²) in [5.41, 5.74) is 0.00731. The third-order valence-corrected chi connectivity index (χ3v) is 4.49. The number of aromatic amines is 1. The van der Waals surface area contributed by atoms with Crippen molar-refractivity contribution < 1.29 is 20.1 Å². The molecule has 2 atom stereocenters. The Morgan fingerprint density at radius 1 is 1.17 bits per heavy atom. The van der Waals surface area contributed by atoms with Gasteiger partial charge in [0.05, 0.1) is 17.6 Å². The molecule has 1 aromatic carbocycles. The van der Waals surface area contributed by atoms with Gasteiger partial charge in [-0.25, -0.2) is 9.48 Å². The Morgan fingerprint density at radius 3 is 2.62 bits per heavy atom. The van der Waals surface area contributed by atoms with Crippen LogP contribution in [0, 0.1) is 0 Å². The number of rotatable bonds is 5. The summed E-state index contributed by atoms with van der Waals surface area (Å²) in [6.07, 6.45) is 0.0669. The van der Waals surface area contributed by atoms with Crippen LogP contribution in [-0.2, 0) is 11.2 Å². The van der Waals surface area contributed by atoms with Crippen LogP contribution >= 0.6 is 0 Å². The monoisotopic (exact) mass is 399 g/mol. The lowest BCUT2D eigenvalue weighted by molar-refractivity contribution is -0.0173. The number of hydrogen-bond donors (Lipinski definition) is 4. The van der Waals surface area contributed by atoms with Gasteiger partial charge in [-0.15, -0.1) is 5.10 Å². The van der Waals surface area contributed by atoms with Crippen LogP contribution in [-0.4, -0.2) is 52.6 Å². The smallest absolute Gasteiger partial charge is 0.331 e. The zero-order valence-corrected chi connectivity index (χ0v) is 15.0. The number of ether oxygens (including phenoxy) is 1. The number of para-hydroxylation sites is 1. The summed E-state index contributed by atoms with van der Waals surface area (Å²) in [6, 6.07) is 9.28. The van der Waals surface area contributed by atoms with E-state index in [0.29, 0.717) is 5.69 Å². The molecule has 0 radical (unpaired) electrons. The molecule has 150 valence electrons. The summed E-state index contributed by atoms with van der Waals surface area (Å²) in [5.74, 6) is -0.809. The number of benzene rings is 1. The number of aliphatic hydroxyl groups excluding tert-OH is 3. The molecule has 0 saturated heterocycles. The van der Waals surface area contributed by atoms with E-state index in [2.05, 4.69) is 15.3 Å². The van der Waals surface area contributed by atoms with Crippen molar-refractivity contribution in [2.24, 2.45) is 0 Å². The summed E-state index contributed by atoms with van der Waals surface area (Å²) in [4.78, 5) is 26.6. The van der Waals surface area contributed by atoms with Gasteiger partial charge in [-0.05, 0) is 12.1 Å². The van der Waals surface area contributed by atoms with Gasteiger partial charge in [-0.1, -0.05) is 23.4 Å². The quantitative estimate of drug-likeness (QED) is 0.441. The Bertz CT molecular complexity index is 1180. The molecule has 0 amide bonds. The number of nitrogens with zero attached hydrogens (tertiary/aromatic N) is 4. The first-order chi connectivity index (χ1) is 14.0. The van der Waals surface area contributed by atoms with Crippen molar-refractivity contribution in [2.75, 3.05) is 6.61 Å². The van der Waals surface area contributed by atoms with Gasteiger partial charge >= 0.3 is 5.69 Å². The Morgan fingerprint density at radius 2 is 1.93 bits per heavy atom. The Kier molecular flexibility index (Phi) is 4.74. The molecule has 1 aliphatic rings. The molecule has 3 aromatic rings. The Hall–Kier alpha value is -3.70. The minimum atomic E-state index is -1.56. The maximum Gasteiger partial charge on any atom is 0.331 e. The second-order valence-corrected chi connectivity index (χ2v) is 6.41. The van der Waals surface area contributed by atoms with Crippen molar-refractivity contribution >= 4 is 0 Å². The van der Waals surface area contributed by atoms with Gasteiger partial charge < -0.3 is 20.1 Å². The summed E-state index contributed by atoms with van der Waals surface area (Å²) in [6.45, 7) is -0.646. The van der Waals surface area contributed by atoms with Crippen molar-refractivity contribution in [3.63, 3.8) is 0 Å². The lowest BCUT2D eigenvalue weighted by atomic mass is 10.2. The lowest BCUT2D eigenvalue weighted by Crippen LogP contribution is -2.37. The maximum atomic E-state index is 12.2. The molecule has 0 fully saturated rings. The first-order valence-electron chi connectivity index (χ1n) is 8.66. The zero-order chi connectivity index (χ0) is 20.5. The molecule has 0 aliphatic carbocycles. The lowest BCUT2D eigenvalue weighted by Gasteiger charge is -2.18. The molecule has 11 nitrogen and oxygen atoms in total. The average Bonchev–Trinajstić information content (AvgIpc) is 3.30. The van der Waals surface area contributed by atoms with Gasteiger partial charge in [0.25, 0.3) is 5.56 Å². The molecule has 0 spiro atoms. The van der Waals surface area contributed by atoms with Crippen molar-refractivity contribution in [1.29, 1.82) is 0 Å². The molecule has 11 heteroatoms. The largest absolute Gasteiger partial charge is 0.506 e. The molecule has 4 rings (SSSR count). The second kappa shape index (κ2) is 7.37. The fourth-order valence-corrected chi connectivity index (χ4v) is 3.02. The van der Waals surface area contributed by atoms with Crippen molar-refractivity contribution in [2.45, 2.75) is 18.8 Å². The Labute approximate surface area is 162 Å². The first kappa shape index (κ1) is 18.7. The molecule has 1 aliphatic heterocycles. The van der Waals surface area contributed by atoms with Gasteiger partial charge in [0.15, 0.2) is 17.6 Å². The summed E-state index contributed by atoms with van der Waals surface area (Å²) < 4.78 is 7.75. The van der Waals surface area contributed by atoms with E-state index in [1.807, 2.05) is 30.3 Å². The molecule has 3 heterocycles. The topological polar surface area (TPSA) is 155 Å². The molecular formula is C18H17N5O6. The first-order valence-corrected chi connectivity index (χ1v) is 8.66. The number of nitrogens with one attached hydrogen (secondary N) is 1. The molecule has 2 aromatic heterocycles. The van der Waals surface area contributed by atoms with E-state index in [9.17, 15) is 19.8 Å². The van der Waals surface area contributed by atoms with Gasteiger partial charge in [-0.2, -0.15) is 0 Å². The van der Waals surface area contributed by atoms with E-state index >= 15 is 0 Å². The highest BCUT2D eigenvalue weighted by Crippen LogP contribution is 2.30. The Balaban J connectivity index is 1.63. The van der Waals surface area contributed by atoms with Crippen molar-refractivity contribution in [3.8, 4) is 5.69 Å². The van der Waals surface area contributed by atoms with E-state index in [1.165, 1.54) is 6.20 Å². The predicted molar refractivity (Wildman–Crippen MR) is 98.4 cm³/mol. The van der Waals surface area contributed by atoms with Crippen LogP contribution in [0.5, 0.6) is 0 Å². The van der Waals surface area contributed by atoms with Gasteiger partial charge in [0.2, 0.25) is 6.23 Å². The predicted octanol–water partition coefficient (Wildman–Crippen LogP) is -0.640. The van der Waals surface area contributed by atoms with Crippen LogP contribution in [0.25, 0.3) is 5.69 Å². The van der Waals surface area contributed by atoms with Crippen molar-refractivity contribution in [1.82, 2.24) is 24.5 Å². The highest BCUT2D eigenvalue weighted by Gasteiger charge is 2.37. The molecule has 1 unspecified atom stereocenters. The van der Waals surface area contributed by atoms with Gasteiger partial charge in [-0.3, -0.25) is 14.3 Å². The summed E-state index contributed by atoms with van der Waals surface area (Å²) in [5, 5.41) is 37.1. The molecule has 4 N–H and O–H groups in total. The minimum absolute atomic E-state index is 0.0670. The van der Waals surface area contributed by atoms with E-state index < -0.39 is 35.9 Å². The van der Waals surface area contributed by atoms with Crippen LogP contribution in [0.2, 0.25) is 0 Å². The van der Waals surface area contributed by atoms with E-state index in [-0.39, 0.29) is 17.7 Å². The van der Waals surface area contributed by atoms with Gasteiger partial charge in [0.1, 0.15) is 6.61 Å². The summed E-state index contributed by atoms with van der Waals surface area (Å²) >= 11 is 0. The van der Waals surface area contributed by atoms with Crippen LogP contribution in [0.4, 0.5) is 0 Å². The fourth-order valence-electron chi connectivity index (χ4n) is 3.02. The third kappa shape index (κ3) is 3.44. The number of aromatic nitrogens is 5. The minimum Gasteiger partial charge on any atom is -0.506 e. The van der Waals surface area contributed by atoms with Gasteiger partial charge in [0, 0.05) is 18.2 Å². The van der Waals surface area contributed by atoms with E-state index in [4.69, 9.17) is 9.84 Å². The fraction of sp³-hybridized carbons (Fsp3) is 0.222. The van der Waals surface area contributed by atoms with E-state index in [1.54, 1.807) is 10.9 Å². The van der Waals surface area contributed by atoms with Crippen LogP contribution < -0.4 is 11.2 Å². The van der Waals surface area contributed by atoms with Crippen LogP contribution in [0.3, 0.4) is 0 Å².